The minimum atomic E-state index is -0.128. The first-order valence-corrected chi connectivity index (χ1v) is 18.4. The van der Waals surface area contributed by atoms with Gasteiger partial charge in [-0.25, -0.2) is 4.98 Å². The van der Waals surface area contributed by atoms with E-state index in [2.05, 4.69) is 160 Å². The van der Waals surface area contributed by atoms with E-state index in [9.17, 15) is 0 Å². The molecule has 0 N–H and O–H groups in total. The molecule has 7 aromatic rings. The molecule has 7 rings (SSSR count). The van der Waals surface area contributed by atoms with Crippen LogP contribution in [-0.4, -0.2) is 19.3 Å². The Hall–Kier alpha value is -4.47. The Morgan fingerprint density at radius 1 is 0.755 bits per heavy atom. The number of fused-ring (bicyclic) bond motifs is 3. The summed E-state index contributed by atoms with van der Waals surface area (Å²) in [5.41, 5.74) is 10.9. The molecule has 0 saturated heterocycles. The summed E-state index contributed by atoms with van der Waals surface area (Å²) in [4.78, 5) is 4.82. The average molecular weight is 882 g/mol. The minimum Gasteiger partial charge on any atom is -0.509 e. The van der Waals surface area contributed by atoms with Crippen molar-refractivity contribution in [3.05, 3.63) is 131 Å². The summed E-state index contributed by atoms with van der Waals surface area (Å²) in [6, 6.07) is 37.2. The molecule has 0 aliphatic carbocycles. The van der Waals surface area contributed by atoms with Crippen LogP contribution in [-0.2, 0) is 26.5 Å². The van der Waals surface area contributed by atoms with E-state index >= 15 is 0 Å². The van der Waals surface area contributed by atoms with Crippen molar-refractivity contribution in [3.63, 3.8) is 0 Å². The van der Waals surface area contributed by atoms with E-state index in [1.54, 1.807) is 0 Å². The monoisotopic (exact) mass is 881 g/mol. The van der Waals surface area contributed by atoms with Crippen LogP contribution in [0.1, 0.15) is 89.4 Å². The molecule has 0 bridgehead atoms. The molecule has 0 aliphatic heterocycles. The number of rotatable bonds is 7. The van der Waals surface area contributed by atoms with Gasteiger partial charge in [-0.2, -0.15) is 11.2 Å². The van der Waals surface area contributed by atoms with E-state index in [1.165, 1.54) is 10.9 Å². The van der Waals surface area contributed by atoms with Gasteiger partial charge in [-0.15, -0.1) is 41.3 Å². The fraction of sp³-hybridized carbons (Fsp3) is 0.319. The van der Waals surface area contributed by atoms with Crippen molar-refractivity contribution in [1.29, 1.82) is 0 Å². The predicted octanol–water partition coefficient (Wildman–Crippen LogP) is 12.4. The van der Waals surface area contributed by atoms with Gasteiger partial charge in [-0.3, -0.25) is 4.68 Å². The van der Waals surface area contributed by atoms with Crippen molar-refractivity contribution in [2.24, 2.45) is 11.3 Å². The zero-order valence-corrected chi connectivity index (χ0v) is 35.1. The third-order valence-electron chi connectivity index (χ3n) is 10.9. The number of ether oxygens (including phenoxy) is 1. The van der Waals surface area contributed by atoms with Gasteiger partial charge >= 0.3 is 21.1 Å². The van der Waals surface area contributed by atoms with Gasteiger partial charge in [0.1, 0.15) is 5.82 Å². The van der Waals surface area contributed by atoms with Gasteiger partial charge in [-0.1, -0.05) is 103 Å². The normalized spacial score (nSPS) is 13.3. The van der Waals surface area contributed by atoms with Gasteiger partial charge in [0.2, 0.25) is 0 Å². The molecule has 6 heteroatoms. The van der Waals surface area contributed by atoms with Crippen molar-refractivity contribution >= 4 is 21.8 Å². The molecule has 0 saturated carbocycles. The standard InChI is InChI=1S/C47H50N4O.Pt/c1-29-21-22-48-44(23-29)50-42-20-17-35(30(2)31(3)46(6,7)8)24-41(42)40-19-18-38(28-43(40)50)52-39-26-36(47(9,10)11)25-37(27-39)51-33(5)45(32(4)49-51)34-15-13-12-14-16-34;/h12-26,30-31H,1-11H3;/q-2;+2. The van der Waals surface area contributed by atoms with Crippen LogP contribution in [0.25, 0.3) is 44.4 Å². The SMILES string of the molecule is Cc1ccnc(-n2c3[c-]c(Oc4[c-]c(-n5nc(C)c(-c6ccccc6)c5C)cc(C(C)(C)C)c4)ccc3c3cc(C(C)C(C)C(C)(C)C)ccc32)c1.[Pt+2]. The second kappa shape index (κ2) is 14.4. The number of aromatic nitrogens is 4. The van der Waals surface area contributed by atoms with Crippen molar-refractivity contribution in [2.75, 3.05) is 0 Å². The van der Waals surface area contributed by atoms with Crippen LogP contribution in [0.2, 0.25) is 0 Å². The maximum atomic E-state index is 6.70. The van der Waals surface area contributed by atoms with Gasteiger partial charge in [0.25, 0.3) is 0 Å². The minimum absolute atomic E-state index is 0. The molecule has 0 fully saturated rings. The van der Waals surface area contributed by atoms with E-state index in [0.29, 0.717) is 23.3 Å². The molecule has 3 heterocycles. The summed E-state index contributed by atoms with van der Waals surface area (Å²) in [6.07, 6.45) is 1.88. The Bertz CT molecular complexity index is 2420. The van der Waals surface area contributed by atoms with Crippen LogP contribution < -0.4 is 4.74 Å². The van der Waals surface area contributed by atoms with E-state index < -0.39 is 0 Å². The zero-order chi connectivity index (χ0) is 37.1. The van der Waals surface area contributed by atoms with E-state index in [4.69, 9.17) is 14.8 Å². The fourth-order valence-corrected chi connectivity index (χ4v) is 7.35. The first-order valence-electron chi connectivity index (χ1n) is 18.4. The van der Waals surface area contributed by atoms with Crippen LogP contribution in [0.4, 0.5) is 0 Å². The number of hydrogen-bond acceptors (Lipinski definition) is 3. The molecular formula is C47H50N4OPt. The third kappa shape index (κ3) is 7.38. The van der Waals surface area contributed by atoms with Crippen LogP contribution in [0.3, 0.4) is 0 Å². The van der Waals surface area contributed by atoms with Crippen LogP contribution in [0, 0.1) is 44.2 Å². The Kier molecular flexibility index (Phi) is 10.4. The summed E-state index contributed by atoms with van der Waals surface area (Å²) in [5, 5.41) is 7.31. The number of nitrogens with zero attached hydrogens (tertiary/aromatic N) is 4. The largest absolute Gasteiger partial charge is 2.00 e. The average Bonchev–Trinajstić information content (AvgIpc) is 3.58. The predicted molar refractivity (Wildman–Crippen MR) is 215 cm³/mol. The Balaban J connectivity index is 0.00000481. The molecule has 53 heavy (non-hydrogen) atoms. The fourth-order valence-electron chi connectivity index (χ4n) is 7.35. The summed E-state index contributed by atoms with van der Waals surface area (Å²) >= 11 is 0. The number of benzene rings is 4. The topological polar surface area (TPSA) is 44.9 Å². The Morgan fingerprint density at radius 2 is 1.49 bits per heavy atom. The van der Waals surface area contributed by atoms with Crippen molar-refractivity contribution in [1.82, 2.24) is 19.3 Å². The first kappa shape index (κ1) is 38.3. The maximum Gasteiger partial charge on any atom is 2.00 e. The Morgan fingerprint density at radius 3 is 2.17 bits per heavy atom. The molecule has 0 amide bonds. The number of aryl methyl sites for hydroxylation is 2. The van der Waals surface area contributed by atoms with Gasteiger partial charge in [0, 0.05) is 34.5 Å². The summed E-state index contributed by atoms with van der Waals surface area (Å²) in [7, 11) is 0. The zero-order valence-electron chi connectivity index (χ0n) is 32.8. The van der Waals surface area contributed by atoms with Crippen molar-refractivity contribution < 1.29 is 25.8 Å². The smallest absolute Gasteiger partial charge is 0.509 e. The van der Waals surface area contributed by atoms with Crippen LogP contribution in [0.15, 0.2) is 91.1 Å². The molecule has 2 unspecified atom stereocenters. The van der Waals surface area contributed by atoms with Gasteiger partial charge in [0.15, 0.2) is 0 Å². The first-order chi connectivity index (χ1) is 24.6. The molecule has 0 aliphatic rings. The van der Waals surface area contributed by atoms with Crippen LogP contribution in [0.5, 0.6) is 11.5 Å². The molecule has 5 nitrogen and oxygen atoms in total. The van der Waals surface area contributed by atoms with E-state index in [-0.39, 0.29) is 31.9 Å². The summed E-state index contributed by atoms with van der Waals surface area (Å²) in [6.45, 7) is 24.6. The number of pyridine rings is 1. The molecule has 0 spiro atoms. The number of hydrogen-bond donors (Lipinski definition) is 0. The second-order valence-electron chi connectivity index (χ2n) is 16.6. The van der Waals surface area contributed by atoms with E-state index in [0.717, 1.165) is 61.6 Å². The third-order valence-corrected chi connectivity index (χ3v) is 10.9. The summed E-state index contributed by atoms with van der Waals surface area (Å²) < 4.78 is 10.9. The molecular weight excluding hydrogens is 832 g/mol. The molecule has 3 aromatic heterocycles. The maximum absolute atomic E-state index is 6.70. The van der Waals surface area contributed by atoms with Gasteiger partial charge in [0.05, 0.1) is 5.69 Å². The van der Waals surface area contributed by atoms with Gasteiger partial charge < -0.3 is 9.30 Å². The second-order valence-corrected chi connectivity index (χ2v) is 16.6. The quantitative estimate of drug-likeness (QED) is 0.150. The van der Waals surface area contributed by atoms with E-state index in [1.807, 2.05) is 29.1 Å². The Labute approximate surface area is 329 Å². The van der Waals surface area contributed by atoms with Crippen LogP contribution >= 0.6 is 0 Å². The van der Waals surface area contributed by atoms with Gasteiger partial charge in [-0.05, 0) is 89.4 Å². The summed E-state index contributed by atoms with van der Waals surface area (Å²) in [5.74, 6) is 3.01. The molecule has 0 radical (unpaired) electrons. The molecule has 2 atom stereocenters. The molecule has 274 valence electrons. The molecule has 4 aromatic carbocycles. The van der Waals surface area contributed by atoms with Crippen molar-refractivity contribution in [2.45, 2.75) is 87.5 Å². The van der Waals surface area contributed by atoms with Crippen molar-refractivity contribution in [3.8, 4) is 34.1 Å².